The monoisotopic (exact) mass is 287 g/mol. The Hall–Kier alpha value is -0.720. The minimum Gasteiger partial charge on any atom is -0.480 e. The molecule has 1 rings (SSSR count). The molecule has 0 saturated carbocycles. The number of hydrogen-bond donors (Lipinski definition) is 2. The van der Waals surface area contributed by atoms with Gasteiger partial charge in [-0.15, -0.1) is 0 Å². The molecule has 0 radical (unpaired) electrons. The van der Waals surface area contributed by atoms with Crippen molar-refractivity contribution in [1.82, 2.24) is 9.80 Å². The first-order chi connectivity index (χ1) is 8.80. The first kappa shape index (κ1) is 16.3. The zero-order valence-electron chi connectivity index (χ0n) is 12.1. The van der Waals surface area contributed by atoms with Crippen molar-refractivity contribution >= 4 is 23.2 Å². The summed E-state index contributed by atoms with van der Waals surface area (Å²) in [7, 11) is 0. The largest absolute Gasteiger partial charge is 0.480 e. The Kier molecular flexibility index (Phi) is 5.70. The Morgan fingerprint density at radius 2 is 1.89 bits per heavy atom. The number of carboxylic acid groups (broad SMARTS) is 1. The molecule has 0 aromatic rings. The van der Waals surface area contributed by atoms with E-state index in [1.807, 2.05) is 20.8 Å². The van der Waals surface area contributed by atoms with Gasteiger partial charge in [-0.25, -0.2) is 0 Å². The van der Waals surface area contributed by atoms with Crippen molar-refractivity contribution in [3.05, 3.63) is 0 Å². The van der Waals surface area contributed by atoms with Gasteiger partial charge in [0.05, 0.1) is 10.5 Å². The molecule has 0 aliphatic carbocycles. The predicted molar refractivity (Wildman–Crippen MR) is 80.3 cm³/mol. The van der Waals surface area contributed by atoms with Crippen LogP contribution in [0.15, 0.2) is 0 Å². The van der Waals surface area contributed by atoms with Crippen LogP contribution in [-0.4, -0.2) is 63.6 Å². The van der Waals surface area contributed by atoms with Gasteiger partial charge in [-0.1, -0.05) is 25.6 Å². The van der Waals surface area contributed by atoms with Crippen molar-refractivity contribution in [3.63, 3.8) is 0 Å². The molecule has 110 valence electrons. The Bertz CT molecular complexity index is 339. The van der Waals surface area contributed by atoms with Crippen LogP contribution < -0.4 is 5.73 Å². The van der Waals surface area contributed by atoms with Crippen LogP contribution in [0.25, 0.3) is 0 Å². The average molecular weight is 287 g/mol. The van der Waals surface area contributed by atoms with Crippen LogP contribution in [0, 0.1) is 0 Å². The highest BCUT2D eigenvalue weighted by molar-refractivity contribution is 7.80. The molecule has 0 bridgehead atoms. The second-order valence-electron chi connectivity index (χ2n) is 5.59. The van der Waals surface area contributed by atoms with Gasteiger partial charge in [-0.05, 0) is 20.3 Å². The Morgan fingerprint density at radius 3 is 2.26 bits per heavy atom. The van der Waals surface area contributed by atoms with E-state index in [1.165, 1.54) is 0 Å². The number of nitrogens with two attached hydrogens (primary N) is 1. The smallest absolute Gasteiger partial charge is 0.320 e. The van der Waals surface area contributed by atoms with Crippen molar-refractivity contribution in [2.75, 3.05) is 26.2 Å². The fourth-order valence-corrected chi connectivity index (χ4v) is 2.61. The maximum absolute atomic E-state index is 11.3. The maximum Gasteiger partial charge on any atom is 0.320 e. The molecule has 0 aromatic carbocycles. The van der Waals surface area contributed by atoms with E-state index in [2.05, 4.69) is 9.80 Å². The Labute approximate surface area is 120 Å². The van der Waals surface area contributed by atoms with Gasteiger partial charge >= 0.3 is 5.97 Å². The van der Waals surface area contributed by atoms with Gasteiger partial charge < -0.3 is 10.8 Å². The number of piperazine rings is 1. The van der Waals surface area contributed by atoms with Gasteiger partial charge in [-0.3, -0.25) is 14.6 Å². The standard InChI is InChI=1S/C13H25N3O2S/c1-4-5-10(11(17)18)15-6-8-16(9-7-15)13(2,3)12(14)19/h10H,4-9H2,1-3H3,(H2,14,19)(H,17,18). The molecule has 1 fully saturated rings. The first-order valence-electron chi connectivity index (χ1n) is 6.82. The summed E-state index contributed by atoms with van der Waals surface area (Å²) in [6, 6.07) is -0.361. The molecule has 6 heteroatoms. The maximum atomic E-state index is 11.3. The molecule has 1 aliphatic rings. The molecule has 0 aromatic heterocycles. The van der Waals surface area contributed by atoms with Crippen molar-refractivity contribution in [2.24, 2.45) is 5.73 Å². The molecule has 1 unspecified atom stereocenters. The van der Waals surface area contributed by atoms with E-state index in [4.69, 9.17) is 18.0 Å². The number of carbonyl (C=O) groups is 1. The lowest BCUT2D eigenvalue weighted by Gasteiger charge is -2.44. The van der Waals surface area contributed by atoms with Crippen molar-refractivity contribution in [1.29, 1.82) is 0 Å². The molecule has 5 nitrogen and oxygen atoms in total. The highest BCUT2D eigenvalue weighted by Gasteiger charge is 2.35. The van der Waals surface area contributed by atoms with Crippen LogP contribution in [0.5, 0.6) is 0 Å². The quantitative estimate of drug-likeness (QED) is 0.708. The zero-order valence-corrected chi connectivity index (χ0v) is 12.9. The summed E-state index contributed by atoms with van der Waals surface area (Å²) < 4.78 is 0. The van der Waals surface area contributed by atoms with Gasteiger partial charge in [-0.2, -0.15) is 0 Å². The molecule has 0 spiro atoms. The normalized spacial score (nSPS) is 20.2. The summed E-state index contributed by atoms with van der Waals surface area (Å²) in [5.41, 5.74) is 5.47. The van der Waals surface area contributed by atoms with Crippen molar-refractivity contribution in [2.45, 2.75) is 45.2 Å². The number of aliphatic carboxylic acids is 1. The lowest BCUT2D eigenvalue weighted by Crippen LogP contribution is -2.61. The summed E-state index contributed by atoms with van der Waals surface area (Å²) >= 11 is 5.11. The van der Waals surface area contributed by atoms with E-state index in [0.29, 0.717) is 11.4 Å². The van der Waals surface area contributed by atoms with Crippen molar-refractivity contribution < 1.29 is 9.90 Å². The predicted octanol–water partition coefficient (Wildman–Crippen LogP) is 0.922. The lowest BCUT2D eigenvalue weighted by atomic mass is 10.0. The number of thiocarbonyl (C=S) groups is 1. The third kappa shape index (κ3) is 3.87. The molecule has 1 atom stereocenters. The average Bonchev–Trinajstić information content (AvgIpc) is 2.35. The van der Waals surface area contributed by atoms with E-state index in [9.17, 15) is 9.90 Å². The summed E-state index contributed by atoms with van der Waals surface area (Å²) in [5, 5.41) is 9.27. The number of hydrogen-bond acceptors (Lipinski definition) is 4. The molecule has 0 amide bonds. The first-order valence-corrected chi connectivity index (χ1v) is 7.23. The summed E-state index contributed by atoms with van der Waals surface area (Å²) in [6.45, 7) is 9.17. The summed E-state index contributed by atoms with van der Waals surface area (Å²) in [4.78, 5) is 16.1. The topological polar surface area (TPSA) is 69.8 Å². The highest BCUT2D eigenvalue weighted by atomic mass is 32.1. The van der Waals surface area contributed by atoms with Gasteiger partial charge in [0.25, 0.3) is 0 Å². The molecule has 19 heavy (non-hydrogen) atoms. The van der Waals surface area contributed by atoms with Crippen LogP contribution in [0.1, 0.15) is 33.6 Å². The molecule has 1 aliphatic heterocycles. The van der Waals surface area contributed by atoms with E-state index in [-0.39, 0.29) is 11.6 Å². The van der Waals surface area contributed by atoms with Crippen LogP contribution in [0.4, 0.5) is 0 Å². The van der Waals surface area contributed by atoms with Crippen LogP contribution in [0.2, 0.25) is 0 Å². The number of rotatable bonds is 6. The minimum atomic E-state index is -0.719. The fourth-order valence-electron chi connectivity index (χ4n) is 2.48. The van der Waals surface area contributed by atoms with Crippen LogP contribution in [-0.2, 0) is 4.79 Å². The molecular weight excluding hydrogens is 262 g/mol. The van der Waals surface area contributed by atoms with Gasteiger partial charge in [0.15, 0.2) is 0 Å². The Balaban J connectivity index is 2.61. The summed E-state index contributed by atoms with van der Waals surface area (Å²) in [5.74, 6) is -0.719. The zero-order chi connectivity index (χ0) is 14.6. The van der Waals surface area contributed by atoms with Crippen LogP contribution >= 0.6 is 12.2 Å². The minimum absolute atomic E-state index is 0.301. The summed E-state index contributed by atoms with van der Waals surface area (Å²) in [6.07, 6.45) is 1.59. The molecule has 1 saturated heterocycles. The van der Waals surface area contributed by atoms with E-state index in [0.717, 1.165) is 32.6 Å². The van der Waals surface area contributed by atoms with Gasteiger partial charge in [0, 0.05) is 26.2 Å². The SMILES string of the molecule is CCCC(C(=O)O)N1CCN(C(C)(C)C(N)=S)CC1. The van der Waals surface area contributed by atoms with E-state index in [1.54, 1.807) is 0 Å². The van der Waals surface area contributed by atoms with Gasteiger partial charge in [0.2, 0.25) is 0 Å². The molecule has 3 N–H and O–H groups in total. The van der Waals surface area contributed by atoms with E-state index < -0.39 is 5.97 Å². The van der Waals surface area contributed by atoms with Gasteiger partial charge in [0.1, 0.15) is 6.04 Å². The number of carboxylic acids is 1. The third-order valence-corrected chi connectivity index (χ3v) is 4.50. The van der Waals surface area contributed by atoms with Crippen LogP contribution in [0.3, 0.4) is 0 Å². The Morgan fingerprint density at radius 1 is 1.37 bits per heavy atom. The second kappa shape index (κ2) is 6.63. The van der Waals surface area contributed by atoms with Crippen molar-refractivity contribution in [3.8, 4) is 0 Å². The molecule has 1 heterocycles. The third-order valence-electron chi connectivity index (χ3n) is 4.00. The highest BCUT2D eigenvalue weighted by Crippen LogP contribution is 2.19. The molecular formula is C13H25N3O2S. The lowest BCUT2D eigenvalue weighted by molar-refractivity contribution is -0.144. The number of nitrogens with zero attached hydrogens (tertiary/aromatic N) is 2. The second-order valence-corrected chi connectivity index (χ2v) is 6.03. The fraction of sp³-hybridized carbons (Fsp3) is 0.846. The van der Waals surface area contributed by atoms with E-state index >= 15 is 0 Å².